The highest BCUT2D eigenvalue weighted by atomic mass is 16.5. The number of carbonyl (C=O) groups is 1. The van der Waals surface area contributed by atoms with Gasteiger partial charge in [0, 0.05) is 24.5 Å². The number of aromatic amines is 1. The molecular weight excluding hydrogens is 314 g/mol. The number of anilines is 1. The molecule has 0 saturated heterocycles. The number of nitrogens with one attached hydrogen (secondary N) is 2. The Bertz CT molecular complexity index is 908. The highest BCUT2D eigenvalue weighted by Crippen LogP contribution is 2.28. The molecule has 0 radical (unpaired) electrons. The second-order valence-electron chi connectivity index (χ2n) is 6.02. The fraction of sp³-hybridized carbons (Fsp3) is 0.250. The van der Waals surface area contributed by atoms with Gasteiger partial charge in [-0.3, -0.25) is 4.98 Å². The lowest BCUT2D eigenvalue weighted by Gasteiger charge is -2.13. The molecule has 0 atom stereocenters. The van der Waals surface area contributed by atoms with Crippen molar-refractivity contribution in [3.63, 3.8) is 0 Å². The van der Waals surface area contributed by atoms with Gasteiger partial charge in [-0.2, -0.15) is 0 Å². The second kappa shape index (κ2) is 7.30. The Morgan fingerprint density at radius 1 is 1.32 bits per heavy atom. The summed E-state index contributed by atoms with van der Waals surface area (Å²) in [6, 6.07) is 8.09. The first-order valence-corrected chi connectivity index (χ1v) is 8.35. The molecule has 2 N–H and O–H groups in total. The zero-order chi connectivity index (χ0) is 17.8. The fourth-order valence-electron chi connectivity index (χ4n) is 2.97. The molecule has 0 bridgehead atoms. The van der Waals surface area contributed by atoms with E-state index in [0.29, 0.717) is 18.7 Å². The Labute approximate surface area is 147 Å². The van der Waals surface area contributed by atoms with Gasteiger partial charge in [0.1, 0.15) is 5.56 Å². The Morgan fingerprint density at radius 3 is 2.88 bits per heavy atom. The first kappa shape index (κ1) is 16.9. The molecule has 25 heavy (non-hydrogen) atoms. The first-order chi connectivity index (χ1) is 12.1. The number of ether oxygens (including phenoxy) is 1. The molecule has 0 saturated carbocycles. The summed E-state index contributed by atoms with van der Waals surface area (Å²) >= 11 is 0. The minimum Gasteiger partial charge on any atom is -0.462 e. The van der Waals surface area contributed by atoms with Crippen LogP contribution in [0.4, 0.5) is 5.69 Å². The molecular formula is C20H22N3O2+. The Balaban J connectivity index is 2.09. The topological polar surface area (TPSA) is 65.4 Å². The van der Waals surface area contributed by atoms with E-state index in [1.807, 2.05) is 25.3 Å². The van der Waals surface area contributed by atoms with Gasteiger partial charge in [0.15, 0.2) is 6.20 Å². The van der Waals surface area contributed by atoms with Gasteiger partial charge in [-0.1, -0.05) is 6.07 Å². The van der Waals surface area contributed by atoms with Crippen LogP contribution in [0.25, 0.3) is 10.9 Å². The third-order valence-electron chi connectivity index (χ3n) is 4.07. The van der Waals surface area contributed by atoms with Gasteiger partial charge in [0.2, 0.25) is 5.52 Å². The summed E-state index contributed by atoms with van der Waals surface area (Å²) in [4.78, 5) is 19.8. The summed E-state index contributed by atoms with van der Waals surface area (Å²) in [7, 11) is 0. The number of aromatic nitrogens is 2. The Hall–Kier alpha value is -2.95. The number of pyridine rings is 2. The van der Waals surface area contributed by atoms with E-state index in [9.17, 15) is 4.79 Å². The van der Waals surface area contributed by atoms with Crippen molar-refractivity contribution in [1.82, 2.24) is 4.98 Å². The van der Waals surface area contributed by atoms with Gasteiger partial charge in [-0.05, 0) is 50.1 Å². The molecule has 0 fully saturated rings. The molecule has 0 amide bonds. The van der Waals surface area contributed by atoms with Crippen molar-refractivity contribution < 1.29 is 14.5 Å². The van der Waals surface area contributed by atoms with Crippen LogP contribution in [-0.2, 0) is 11.3 Å². The van der Waals surface area contributed by atoms with E-state index in [0.717, 1.165) is 33.3 Å². The van der Waals surface area contributed by atoms with Crippen LogP contribution in [0.1, 0.15) is 34.0 Å². The molecule has 0 aliphatic rings. The van der Waals surface area contributed by atoms with E-state index in [-0.39, 0.29) is 5.97 Å². The van der Waals surface area contributed by atoms with Gasteiger partial charge in [0.05, 0.1) is 17.7 Å². The predicted molar refractivity (Wildman–Crippen MR) is 97.5 cm³/mol. The number of H-pyrrole nitrogens is 1. The number of hydrogen-bond donors (Lipinski definition) is 1. The number of fused-ring (bicyclic) bond motifs is 1. The normalized spacial score (nSPS) is 10.7. The highest BCUT2D eigenvalue weighted by Gasteiger charge is 2.21. The van der Waals surface area contributed by atoms with E-state index in [1.54, 1.807) is 19.3 Å². The van der Waals surface area contributed by atoms with Gasteiger partial charge in [0.25, 0.3) is 0 Å². The largest absolute Gasteiger partial charge is 0.462 e. The summed E-state index contributed by atoms with van der Waals surface area (Å²) in [6.45, 7) is 6.83. The van der Waals surface area contributed by atoms with Crippen molar-refractivity contribution in [2.75, 3.05) is 11.9 Å². The van der Waals surface area contributed by atoms with Gasteiger partial charge in [-0.15, -0.1) is 0 Å². The van der Waals surface area contributed by atoms with Crippen LogP contribution in [0.3, 0.4) is 0 Å². The summed E-state index contributed by atoms with van der Waals surface area (Å²) in [5.41, 5.74) is 5.61. The SMILES string of the molecule is CCOC(=O)c1c[nH+]c2c(C)cc(C)cc2c1NCc1cccnc1. The predicted octanol–water partition coefficient (Wildman–Crippen LogP) is 3.45. The lowest BCUT2D eigenvalue weighted by atomic mass is 10.0. The van der Waals surface area contributed by atoms with Crippen LogP contribution in [0.2, 0.25) is 0 Å². The van der Waals surface area contributed by atoms with Crippen LogP contribution in [0, 0.1) is 13.8 Å². The number of rotatable bonds is 5. The van der Waals surface area contributed by atoms with Crippen molar-refractivity contribution in [3.05, 3.63) is 65.1 Å². The van der Waals surface area contributed by atoms with E-state index >= 15 is 0 Å². The molecule has 2 heterocycles. The third-order valence-corrected chi connectivity index (χ3v) is 4.07. The smallest absolute Gasteiger partial charge is 0.346 e. The summed E-state index contributed by atoms with van der Waals surface area (Å²) < 4.78 is 5.22. The van der Waals surface area contributed by atoms with Crippen molar-refractivity contribution in [3.8, 4) is 0 Å². The van der Waals surface area contributed by atoms with Crippen LogP contribution >= 0.6 is 0 Å². The van der Waals surface area contributed by atoms with Crippen LogP contribution < -0.4 is 10.3 Å². The molecule has 0 aliphatic carbocycles. The zero-order valence-corrected chi connectivity index (χ0v) is 14.7. The van der Waals surface area contributed by atoms with Crippen molar-refractivity contribution in [2.24, 2.45) is 0 Å². The van der Waals surface area contributed by atoms with E-state index in [1.165, 1.54) is 0 Å². The summed E-state index contributed by atoms with van der Waals surface area (Å²) in [5.74, 6) is -0.339. The molecule has 5 heteroatoms. The highest BCUT2D eigenvalue weighted by molar-refractivity contribution is 6.04. The summed E-state index contributed by atoms with van der Waals surface area (Å²) in [5, 5.41) is 4.38. The number of carbonyl (C=O) groups excluding carboxylic acids is 1. The molecule has 0 aliphatic heterocycles. The third kappa shape index (κ3) is 3.60. The quantitative estimate of drug-likeness (QED) is 0.725. The lowest BCUT2D eigenvalue weighted by Crippen LogP contribution is -2.17. The Kier molecular flexibility index (Phi) is 4.93. The number of benzene rings is 1. The standard InChI is InChI=1S/C20H21N3O2/c1-4-25-20(24)17-12-23-18-14(3)8-13(2)9-16(18)19(17)22-11-15-6-5-7-21-10-15/h5-10,12H,4,11H2,1-3H3,(H,22,23)/p+1. The average molecular weight is 336 g/mol. The molecule has 3 aromatic rings. The van der Waals surface area contributed by atoms with Crippen molar-refractivity contribution in [1.29, 1.82) is 0 Å². The maximum atomic E-state index is 12.4. The molecule has 0 unspecified atom stereocenters. The van der Waals surface area contributed by atoms with Gasteiger partial charge in [-0.25, -0.2) is 9.78 Å². The van der Waals surface area contributed by atoms with E-state index in [2.05, 4.69) is 34.3 Å². The van der Waals surface area contributed by atoms with Crippen molar-refractivity contribution >= 4 is 22.6 Å². The molecule has 0 spiro atoms. The maximum absolute atomic E-state index is 12.4. The Morgan fingerprint density at radius 2 is 2.16 bits per heavy atom. The number of esters is 1. The molecule has 1 aromatic carbocycles. The zero-order valence-electron chi connectivity index (χ0n) is 14.7. The molecule has 5 nitrogen and oxygen atoms in total. The number of hydrogen-bond acceptors (Lipinski definition) is 4. The molecule has 128 valence electrons. The van der Waals surface area contributed by atoms with Gasteiger partial charge >= 0.3 is 5.97 Å². The summed E-state index contributed by atoms with van der Waals surface area (Å²) in [6.07, 6.45) is 5.27. The van der Waals surface area contributed by atoms with Crippen molar-refractivity contribution in [2.45, 2.75) is 27.3 Å². The monoisotopic (exact) mass is 336 g/mol. The molecule has 2 aromatic heterocycles. The first-order valence-electron chi connectivity index (χ1n) is 8.35. The fourth-order valence-corrected chi connectivity index (χ4v) is 2.97. The van der Waals surface area contributed by atoms with E-state index in [4.69, 9.17) is 4.74 Å². The van der Waals surface area contributed by atoms with Crippen LogP contribution in [-0.4, -0.2) is 17.6 Å². The second-order valence-corrected chi connectivity index (χ2v) is 6.02. The minimum absolute atomic E-state index is 0.339. The average Bonchev–Trinajstić information content (AvgIpc) is 2.60. The number of nitrogens with zero attached hydrogens (tertiary/aromatic N) is 1. The molecule has 3 rings (SSSR count). The number of aryl methyl sites for hydroxylation is 2. The van der Waals surface area contributed by atoms with E-state index < -0.39 is 0 Å². The van der Waals surface area contributed by atoms with Gasteiger partial charge < -0.3 is 10.1 Å². The maximum Gasteiger partial charge on any atom is 0.346 e. The lowest BCUT2D eigenvalue weighted by molar-refractivity contribution is -0.345. The van der Waals surface area contributed by atoms with Crippen LogP contribution in [0.15, 0.2) is 42.9 Å². The van der Waals surface area contributed by atoms with Crippen LogP contribution in [0.5, 0.6) is 0 Å². The minimum atomic E-state index is -0.339.